The topological polar surface area (TPSA) is 74.5 Å². The van der Waals surface area contributed by atoms with E-state index in [1.165, 1.54) is 18.3 Å². The molecule has 25 heavy (non-hydrogen) atoms. The van der Waals surface area contributed by atoms with E-state index in [-0.39, 0.29) is 11.7 Å². The lowest BCUT2D eigenvalue weighted by atomic mass is 10.0. The van der Waals surface area contributed by atoms with E-state index in [0.717, 1.165) is 11.1 Å². The first-order chi connectivity index (χ1) is 12.2. The molecule has 2 heterocycles. The van der Waals surface area contributed by atoms with Gasteiger partial charge in [0.2, 0.25) is 0 Å². The Labute approximate surface area is 145 Å². The van der Waals surface area contributed by atoms with Crippen molar-refractivity contribution in [3.05, 3.63) is 71.8 Å². The molecule has 1 unspecified atom stereocenters. The largest absolute Gasteiger partial charge is 0.368 e. The summed E-state index contributed by atoms with van der Waals surface area (Å²) < 4.78 is 13.0. The summed E-state index contributed by atoms with van der Waals surface area (Å²) in [6.07, 6.45) is 3.15. The number of rotatable bonds is 5. The van der Waals surface area contributed by atoms with E-state index < -0.39 is 0 Å². The Hall–Kier alpha value is -3.33. The third kappa shape index (κ3) is 4.15. The molecule has 0 saturated heterocycles. The maximum atomic E-state index is 13.0. The van der Waals surface area contributed by atoms with Crippen molar-refractivity contribution in [1.29, 1.82) is 5.26 Å². The monoisotopic (exact) mass is 333 g/mol. The molecular weight excluding hydrogens is 317 g/mol. The van der Waals surface area contributed by atoms with Gasteiger partial charge in [-0.3, -0.25) is 4.98 Å². The highest BCUT2D eigenvalue weighted by Crippen LogP contribution is 2.19. The first kappa shape index (κ1) is 16.5. The molecule has 124 valence electrons. The quantitative estimate of drug-likeness (QED) is 0.769. The van der Waals surface area contributed by atoms with E-state index in [0.29, 0.717) is 23.6 Å². The van der Waals surface area contributed by atoms with Crippen molar-refractivity contribution in [2.75, 3.05) is 11.9 Å². The maximum Gasteiger partial charge on any atom is 0.148 e. The highest BCUT2D eigenvalue weighted by molar-refractivity contribution is 5.60. The smallest absolute Gasteiger partial charge is 0.148 e. The van der Waals surface area contributed by atoms with Crippen LogP contribution in [0.5, 0.6) is 0 Å². The van der Waals surface area contributed by atoms with Gasteiger partial charge in [0.05, 0.1) is 11.3 Å². The van der Waals surface area contributed by atoms with Gasteiger partial charge in [0, 0.05) is 24.5 Å². The molecule has 0 aliphatic rings. The summed E-state index contributed by atoms with van der Waals surface area (Å²) >= 11 is 0. The van der Waals surface area contributed by atoms with Crippen molar-refractivity contribution in [3.8, 4) is 17.3 Å². The fourth-order valence-corrected chi connectivity index (χ4v) is 2.39. The second-order valence-corrected chi connectivity index (χ2v) is 5.71. The minimum Gasteiger partial charge on any atom is -0.368 e. The van der Waals surface area contributed by atoms with E-state index in [9.17, 15) is 4.39 Å². The van der Waals surface area contributed by atoms with Gasteiger partial charge in [0.25, 0.3) is 0 Å². The summed E-state index contributed by atoms with van der Waals surface area (Å²) in [5.41, 5.74) is 2.94. The van der Waals surface area contributed by atoms with Crippen LogP contribution in [-0.2, 0) is 0 Å². The summed E-state index contributed by atoms with van der Waals surface area (Å²) in [5, 5.41) is 20.5. The second-order valence-electron chi connectivity index (χ2n) is 5.71. The Morgan fingerprint density at radius 1 is 1.12 bits per heavy atom. The molecule has 0 radical (unpaired) electrons. The van der Waals surface area contributed by atoms with E-state index in [1.54, 1.807) is 24.4 Å². The lowest BCUT2D eigenvalue weighted by molar-refractivity contribution is 0.626. The molecule has 1 aromatic carbocycles. The van der Waals surface area contributed by atoms with Crippen LogP contribution in [0.1, 0.15) is 24.0 Å². The average molecular weight is 333 g/mol. The van der Waals surface area contributed by atoms with E-state index in [1.807, 2.05) is 12.1 Å². The molecule has 0 fully saturated rings. The number of pyridine rings is 1. The number of hydrogen-bond acceptors (Lipinski definition) is 5. The van der Waals surface area contributed by atoms with Crippen LogP contribution in [0.4, 0.5) is 10.2 Å². The molecule has 1 N–H and O–H groups in total. The van der Waals surface area contributed by atoms with Gasteiger partial charge in [0.1, 0.15) is 17.7 Å². The standard InChI is InChI=1S/C19H16FN5/c1-13(15-2-4-17(20)5-3-15)10-23-19-7-6-18(24-25-19)16-8-14(9-21)11-22-12-16/h2-8,11-13H,10H2,1H3,(H,23,25). The lowest BCUT2D eigenvalue weighted by Gasteiger charge is -2.13. The van der Waals surface area contributed by atoms with Crippen LogP contribution in [0, 0.1) is 17.1 Å². The highest BCUT2D eigenvalue weighted by Gasteiger charge is 2.07. The zero-order valence-corrected chi connectivity index (χ0v) is 13.6. The molecule has 3 aromatic rings. The van der Waals surface area contributed by atoms with Crippen LogP contribution in [-0.4, -0.2) is 21.7 Å². The van der Waals surface area contributed by atoms with Gasteiger partial charge >= 0.3 is 0 Å². The zero-order chi connectivity index (χ0) is 17.6. The number of nitrogens with one attached hydrogen (secondary N) is 1. The molecule has 0 bridgehead atoms. The minimum atomic E-state index is -0.236. The number of aromatic nitrogens is 3. The highest BCUT2D eigenvalue weighted by atomic mass is 19.1. The maximum absolute atomic E-state index is 13.0. The Morgan fingerprint density at radius 2 is 1.92 bits per heavy atom. The number of anilines is 1. The third-order valence-corrected chi connectivity index (χ3v) is 3.86. The van der Waals surface area contributed by atoms with Gasteiger partial charge in [-0.25, -0.2) is 4.39 Å². The van der Waals surface area contributed by atoms with Gasteiger partial charge in [0.15, 0.2) is 0 Å². The molecule has 0 aliphatic heterocycles. The van der Waals surface area contributed by atoms with E-state index in [2.05, 4.69) is 33.5 Å². The van der Waals surface area contributed by atoms with Crippen LogP contribution in [0.2, 0.25) is 0 Å². The molecule has 1 atom stereocenters. The molecule has 6 heteroatoms. The van der Waals surface area contributed by atoms with Crippen molar-refractivity contribution in [2.24, 2.45) is 0 Å². The molecule has 0 spiro atoms. The van der Waals surface area contributed by atoms with Crippen molar-refractivity contribution in [1.82, 2.24) is 15.2 Å². The Kier molecular flexibility index (Phi) is 4.95. The predicted octanol–water partition coefficient (Wildman–Crippen LogP) is 3.76. The van der Waals surface area contributed by atoms with Gasteiger partial charge < -0.3 is 5.32 Å². The fraction of sp³-hybridized carbons (Fsp3) is 0.158. The number of benzene rings is 1. The minimum absolute atomic E-state index is 0.207. The summed E-state index contributed by atoms with van der Waals surface area (Å²) in [4.78, 5) is 4.02. The van der Waals surface area contributed by atoms with Crippen LogP contribution in [0.25, 0.3) is 11.3 Å². The lowest BCUT2D eigenvalue weighted by Crippen LogP contribution is -2.11. The average Bonchev–Trinajstić information content (AvgIpc) is 2.67. The van der Waals surface area contributed by atoms with E-state index >= 15 is 0 Å². The van der Waals surface area contributed by atoms with Gasteiger partial charge in [-0.1, -0.05) is 19.1 Å². The normalized spacial score (nSPS) is 11.6. The van der Waals surface area contributed by atoms with E-state index in [4.69, 9.17) is 5.26 Å². The summed E-state index contributed by atoms with van der Waals surface area (Å²) in [6.45, 7) is 2.71. The molecular formula is C19H16FN5. The first-order valence-electron chi connectivity index (χ1n) is 7.84. The molecule has 2 aromatic heterocycles. The van der Waals surface area contributed by atoms with Gasteiger partial charge in [-0.05, 0) is 41.8 Å². The predicted molar refractivity (Wildman–Crippen MR) is 93.3 cm³/mol. The molecule has 0 saturated carbocycles. The third-order valence-electron chi connectivity index (χ3n) is 3.86. The van der Waals surface area contributed by atoms with Crippen LogP contribution < -0.4 is 5.32 Å². The van der Waals surface area contributed by atoms with Crippen LogP contribution in [0.3, 0.4) is 0 Å². The number of nitriles is 1. The zero-order valence-electron chi connectivity index (χ0n) is 13.6. The van der Waals surface area contributed by atoms with Crippen molar-refractivity contribution >= 4 is 5.82 Å². The summed E-state index contributed by atoms with van der Waals surface area (Å²) in [6, 6.07) is 13.9. The van der Waals surface area contributed by atoms with Crippen molar-refractivity contribution < 1.29 is 4.39 Å². The van der Waals surface area contributed by atoms with Gasteiger partial charge in [-0.15, -0.1) is 10.2 Å². The number of hydrogen-bond donors (Lipinski definition) is 1. The Balaban J connectivity index is 1.64. The SMILES string of the molecule is CC(CNc1ccc(-c2cncc(C#N)c2)nn1)c1ccc(F)cc1. The molecule has 0 amide bonds. The number of nitrogens with zero attached hydrogens (tertiary/aromatic N) is 4. The van der Waals surface area contributed by atoms with Crippen LogP contribution >= 0.6 is 0 Å². The molecule has 3 rings (SSSR count). The van der Waals surface area contributed by atoms with Gasteiger partial charge in [-0.2, -0.15) is 5.26 Å². The van der Waals surface area contributed by atoms with Crippen molar-refractivity contribution in [3.63, 3.8) is 0 Å². The summed E-state index contributed by atoms with van der Waals surface area (Å²) in [5.74, 6) is 0.626. The van der Waals surface area contributed by atoms with Crippen LogP contribution in [0.15, 0.2) is 54.9 Å². The molecule has 0 aliphatic carbocycles. The van der Waals surface area contributed by atoms with Crippen molar-refractivity contribution in [2.45, 2.75) is 12.8 Å². The summed E-state index contributed by atoms with van der Waals surface area (Å²) in [7, 11) is 0. The molecule has 5 nitrogen and oxygen atoms in total. The second kappa shape index (κ2) is 7.49. The fourth-order valence-electron chi connectivity index (χ4n) is 2.39. The number of halogens is 1. The Morgan fingerprint density at radius 3 is 2.60 bits per heavy atom. The first-order valence-corrected chi connectivity index (χ1v) is 7.84. The Bertz CT molecular complexity index is 885.